The number of hydrogen-bond donors (Lipinski definition) is 0. The van der Waals surface area contributed by atoms with Crippen molar-refractivity contribution in [1.29, 1.82) is 0 Å². The molecule has 0 bridgehead atoms. The Labute approximate surface area is 202 Å². The molecular formula is C33H42. The number of benzene rings is 3. The Hall–Kier alpha value is -2.34. The van der Waals surface area contributed by atoms with E-state index in [4.69, 9.17) is 0 Å². The van der Waals surface area contributed by atoms with Gasteiger partial charge in [0.1, 0.15) is 0 Å². The van der Waals surface area contributed by atoms with Crippen LogP contribution in [0.4, 0.5) is 0 Å². The first kappa shape index (κ1) is 23.8. The van der Waals surface area contributed by atoms with Crippen molar-refractivity contribution >= 4 is 0 Å². The van der Waals surface area contributed by atoms with Gasteiger partial charge in [-0.2, -0.15) is 0 Å². The molecule has 0 N–H and O–H groups in total. The van der Waals surface area contributed by atoms with E-state index >= 15 is 0 Å². The first-order valence-electron chi connectivity index (χ1n) is 13.0. The van der Waals surface area contributed by atoms with Crippen LogP contribution < -0.4 is 0 Å². The molecule has 1 saturated carbocycles. The second-order valence-electron chi connectivity index (χ2n) is 10.9. The molecule has 0 heteroatoms. The monoisotopic (exact) mass is 438 g/mol. The Morgan fingerprint density at radius 2 is 0.909 bits per heavy atom. The normalized spacial score (nSPS) is 14.6. The van der Waals surface area contributed by atoms with Crippen LogP contribution in [0.1, 0.15) is 105 Å². The zero-order valence-corrected chi connectivity index (χ0v) is 22.0. The zero-order chi connectivity index (χ0) is 23.7. The van der Waals surface area contributed by atoms with Crippen molar-refractivity contribution in [2.45, 2.75) is 99.3 Å². The highest BCUT2D eigenvalue weighted by Crippen LogP contribution is 2.36. The maximum absolute atomic E-state index is 2.57. The fourth-order valence-electron chi connectivity index (χ4n) is 5.74. The Balaban J connectivity index is 1.77. The lowest BCUT2D eigenvalue weighted by molar-refractivity contribution is 0.443. The molecule has 0 radical (unpaired) electrons. The van der Waals surface area contributed by atoms with E-state index in [-0.39, 0.29) is 0 Å². The molecule has 3 aromatic carbocycles. The summed E-state index contributed by atoms with van der Waals surface area (Å²) in [7, 11) is 0. The SMILES string of the molecule is Cc1cc(C)c(Cc2cc(C3CCCCC3)cc(Cc3cc(C)c(C)cc3C)c2C)cc1C. The summed E-state index contributed by atoms with van der Waals surface area (Å²) in [6.07, 6.45) is 8.97. The molecule has 0 spiro atoms. The fourth-order valence-corrected chi connectivity index (χ4v) is 5.74. The van der Waals surface area contributed by atoms with E-state index in [2.05, 4.69) is 84.9 Å². The van der Waals surface area contributed by atoms with Crippen molar-refractivity contribution in [3.05, 3.63) is 103 Å². The fraction of sp³-hybridized carbons (Fsp3) is 0.455. The van der Waals surface area contributed by atoms with Crippen molar-refractivity contribution in [3.63, 3.8) is 0 Å². The molecule has 1 aliphatic rings. The molecule has 0 heterocycles. The van der Waals surface area contributed by atoms with Gasteiger partial charge in [-0.1, -0.05) is 55.7 Å². The predicted molar refractivity (Wildman–Crippen MR) is 144 cm³/mol. The minimum atomic E-state index is 0.735. The number of hydrogen-bond acceptors (Lipinski definition) is 0. The summed E-state index contributed by atoms with van der Waals surface area (Å²) < 4.78 is 0. The van der Waals surface area contributed by atoms with Gasteiger partial charge in [-0.3, -0.25) is 0 Å². The molecule has 0 atom stereocenters. The van der Waals surface area contributed by atoms with Crippen LogP contribution in [0, 0.1) is 48.5 Å². The maximum Gasteiger partial charge on any atom is -0.00202 e. The average Bonchev–Trinajstić information content (AvgIpc) is 2.78. The van der Waals surface area contributed by atoms with E-state index in [0.29, 0.717) is 0 Å². The Morgan fingerprint density at radius 3 is 1.36 bits per heavy atom. The van der Waals surface area contributed by atoms with Gasteiger partial charge < -0.3 is 0 Å². The van der Waals surface area contributed by atoms with Gasteiger partial charge in [0.25, 0.3) is 0 Å². The highest BCUT2D eigenvalue weighted by Gasteiger charge is 2.19. The first-order valence-corrected chi connectivity index (χ1v) is 13.0. The summed E-state index contributed by atoms with van der Waals surface area (Å²) in [5, 5.41) is 0. The molecular weight excluding hydrogens is 396 g/mol. The van der Waals surface area contributed by atoms with Crippen molar-refractivity contribution < 1.29 is 0 Å². The maximum atomic E-state index is 2.57. The van der Waals surface area contributed by atoms with E-state index in [1.807, 2.05) is 0 Å². The highest BCUT2D eigenvalue weighted by molar-refractivity contribution is 5.48. The number of aryl methyl sites for hydroxylation is 6. The van der Waals surface area contributed by atoms with Gasteiger partial charge in [-0.05, 0) is 147 Å². The van der Waals surface area contributed by atoms with Crippen molar-refractivity contribution in [3.8, 4) is 0 Å². The van der Waals surface area contributed by atoms with Crippen molar-refractivity contribution in [1.82, 2.24) is 0 Å². The summed E-state index contributed by atoms with van der Waals surface area (Å²) in [6, 6.07) is 14.7. The molecule has 1 fully saturated rings. The van der Waals surface area contributed by atoms with Gasteiger partial charge in [0.2, 0.25) is 0 Å². The van der Waals surface area contributed by atoms with E-state index in [0.717, 1.165) is 18.8 Å². The van der Waals surface area contributed by atoms with Gasteiger partial charge in [-0.25, -0.2) is 0 Å². The lowest BCUT2D eigenvalue weighted by atomic mass is 9.80. The van der Waals surface area contributed by atoms with Crippen molar-refractivity contribution in [2.24, 2.45) is 0 Å². The molecule has 1 aliphatic carbocycles. The molecule has 0 saturated heterocycles. The molecule has 0 nitrogen and oxygen atoms in total. The number of rotatable bonds is 5. The van der Waals surface area contributed by atoms with Crippen LogP contribution in [-0.4, -0.2) is 0 Å². The van der Waals surface area contributed by atoms with E-state index in [9.17, 15) is 0 Å². The molecule has 0 aromatic heterocycles. The van der Waals surface area contributed by atoms with Gasteiger partial charge in [0.05, 0.1) is 0 Å². The van der Waals surface area contributed by atoms with Crippen molar-refractivity contribution in [2.75, 3.05) is 0 Å². The topological polar surface area (TPSA) is 0 Å². The summed E-state index contributed by atoms with van der Waals surface area (Å²) in [4.78, 5) is 0. The highest BCUT2D eigenvalue weighted by atomic mass is 14.2. The molecule has 4 rings (SSSR count). The Morgan fingerprint density at radius 1 is 0.485 bits per heavy atom. The van der Waals surface area contributed by atoms with Crippen LogP contribution in [0.25, 0.3) is 0 Å². The molecule has 174 valence electrons. The molecule has 33 heavy (non-hydrogen) atoms. The standard InChI is InChI=1S/C33H42/c1-21-13-25(5)29(15-23(21)3)17-31-19-33(28-11-9-8-10-12-28)20-32(27(31)7)18-30-16-24(4)22(2)14-26(30)6/h13-16,19-20,28H,8-12,17-18H2,1-7H3. The molecule has 0 aliphatic heterocycles. The largest absolute Gasteiger partial charge is 0.0558 e. The second kappa shape index (κ2) is 9.88. The first-order chi connectivity index (χ1) is 15.7. The van der Waals surface area contributed by atoms with Crippen LogP contribution in [0.3, 0.4) is 0 Å². The van der Waals surface area contributed by atoms with Crippen LogP contribution in [0.5, 0.6) is 0 Å². The molecule has 3 aromatic rings. The minimum Gasteiger partial charge on any atom is -0.0558 e. The van der Waals surface area contributed by atoms with Gasteiger partial charge in [0, 0.05) is 0 Å². The average molecular weight is 439 g/mol. The Kier molecular flexibility index (Phi) is 7.13. The molecule has 0 amide bonds. The Bertz CT molecular complexity index is 1070. The summed E-state index contributed by atoms with van der Waals surface area (Å²) >= 11 is 0. The minimum absolute atomic E-state index is 0.735. The third-order valence-electron chi connectivity index (χ3n) is 8.39. The van der Waals surface area contributed by atoms with Crippen LogP contribution in [0.2, 0.25) is 0 Å². The third kappa shape index (κ3) is 5.26. The van der Waals surface area contributed by atoms with Gasteiger partial charge in [-0.15, -0.1) is 0 Å². The van der Waals surface area contributed by atoms with E-state index in [1.165, 1.54) is 93.3 Å². The quantitative estimate of drug-likeness (QED) is 0.372. The van der Waals surface area contributed by atoms with E-state index < -0.39 is 0 Å². The summed E-state index contributed by atoms with van der Waals surface area (Å²) in [6.45, 7) is 15.9. The lowest BCUT2D eigenvalue weighted by Crippen LogP contribution is -2.09. The van der Waals surface area contributed by atoms with Gasteiger partial charge >= 0.3 is 0 Å². The summed E-state index contributed by atoms with van der Waals surface area (Å²) in [5.74, 6) is 0.735. The van der Waals surface area contributed by atoms with Crippen LogP contribution >= 0.6 is 0 Å². The predicted octanol–water partition coefficient (Wildman–Crippen LogP) is 9.07. The van der Waals surface area contributed by atoms with Crippen LogP contribution in [0.15, 0.2) is 36.4 Å². The summed E-state index contributed by atoms with van der Waals surface area (Å²) in [5.41, 5.74) is 17.6. The zero-order valence-electron chi connectivity index (χ0n) is 22.0. The second-order valence-corrected chi connectivity index (χ2v) is 10.9. The third-order valence-corrected chi connectivity index (χ3v) is 8.39. The van der Waals surface area contributed by atoms with E-state index in [1.54, 1.807) is 5.56 Å². The molecule has 0 unspecified atom stereocenters. The van der Waals surface area contributed by atoms with Crippen LogP contribution in [-0.2, 0) is 12.8 Å². The smallest absolute Gasteiger partial charge is 0.00202 e. The lowest BCUT2D eigenvalue weighted by Gasteiger charge is -2.25. The van der Waals surface area contributed by atoms with Gasteiger partial charge in [0.15, 0.2) is 0 Å².